The van der Waals surface area contributed by atoms with Gasteiger partial charge < -0.3 is 19.9 Å². The lowest BCUT2D eigenvalue weighted by atomic mass is 10.0. The summed E-state index contributed by atoms with van der Waals surface area (Å²) in [5.41, 5.74) is 1.88. The number of ether oxygens (including phenoxy) is 2. The van der Waals surface area contributed by atoms with Crippen LogP contribution in [-0.2, 0) is 0 Å². The largest absolute Gasteiger partial charge is 0.497 e. The van der Waals surface area contributed by atoms with E-state index in [0.29, 0.717) is 29.5 Å². The fourth-order valence-electron chi connectivity index (χ4n) is 2.58. The van der Waals surface area contributed by atoms with E-state index in [1.54, 1.807) is 26.4 Å². The van der Waals surface area contributed by atoms with Gasteiger partial charge in [0, 0.05) is 23.7 Å². The molecule has 0 bridgehead atoms. The number of methoxy groups -OCH3 is 2. The first kappa shape index (κ1) is 18.6. The number of hydrogen-bond donors (Lipinski definition) is 2. The summed E-state index contributed by atoms with van der Waals surface area (Å²) in [6.07, 6.45) is -0.679. The highest BCUT2D eigenvalue weighted by Crippen LogP contribution is 2.29. The maximum absolute atomic E-state index is 10.5. The van der Waals surface area contributed by atoms with E-state index in [1.165, 1.54) is 5.56 Å². The maximum Gasteiger partial charge on any atom is 0.124 e. The predicted molar refractivity (Wildman–Crippen MR) is 97.2 cm³/mol. The Labute approximate surface area is 148 Å². The highest BCUT2D eigenvalue weighted by Gasteiger charge is 2.15. The zero-order valence-electron chi connectivity index (χ0n) is 14.3. The van der Waals surface area contributed by atoms with Crippen molar-refractivity contribution in [1.82, 2.24) is 5.32 Å². The molecule has 5 heteroatoms. The zero-order chi connectivity index (χ0) is 17.5. The Hall–Kier alpha value is -1.75. The molecule has 0 aliphatic rings. The molecule has 24 heavy (non-hydrogen) atoms. The first-order chi connectivity index (χ1) is 11.5. The molecule has 2 N–H and O–H groups in total. The molecular formula is C19H24ClNO3. The van der Waals surface area contributed by atoms with Crippen molar-refractivity contribution in [3.8, 4) is 11.5 Å². The van der Waals surface area contributed by atoms with Crippen LogP contribution in [0, 0.1) is 0 Å². The number of nitrogens with one attached hydrogen (secondary N) is 1. The van der Waals surface area contributed by atoms with Crippen molar-refractivity contribution in [2.24, 2.45) is 0 Å². The van der Waals surface area contributed by atoms with Gasteiger partial charge in [-0.25, -0.2) is 0 Å². The average Bonchev–Trinajstić information content (AvgIpc) is 2.60. The number of rotatable bonds is 8. The summed E-state index contributed by atoms with van der Waals surface area (Å²) in [4.78, 5) is 0. The van der Waals surface area contributed by atoms with E-state index in [0.717, 1.165) is 11.6 Å². The predicted octanol–water partition coefficient (Wildman–Crippen LogP) is 3.78. The second-order valence-corrected chi connectivity index (χ2v) is 6.17. The minimum atomic E-state index is -0.679. The van der Waals surface area contributed by atoms with Crippen molar-refractivity contribution < 1.29 is 14.6 Å². The van der Waals surface area contributed by atoms with Crippen LogP contribution < -0.4 is 14.8 Å². The second-order valence-electron chi connectivity index (χ2n) is 5.74. The Morgan fingerprint density at radius 1 is 1.08 bits per heavy atom. The monoisotopic (exact) mass is 349 g/mol. The molecule has 0 unspecified atom stereocenters. The second kappa shape index (κ2) is 8.92. The van der Waals surface area contributed by atoms with Gasteiger partial charge in [0.2, 0.25) is 0 Å². The fraction of sp³-hybridized carbons (Fsp3) is 0.368. The average molecular weight is 350 g/mol. The van der Waals surface area contributed by atoms with Crippen molar-refractivity contribution in [3.05, 3.63) is 58.6 Å². The van der Waals surface area contributed by atoms with Crippen LogP contribution in [0.1, 0.15) is 30.1 Å². The molecule has 130 valence electrons. The van der Waals surface area contributed by atoms with Crippen LogP contribution in [0.4, 0.5) is 0 Å². The van der Waals surface area contributed by atoms with Crippen LogP contribution in [0.25, 0.3) is 0 Å². The van der Waals surface area contributed by atoms with Crippen molar-refractivity contribution in [2.75, 3.05) is 27.3 Å². The van der Waals surface area contributed by atoms with Crippen LogP contribution >= 0.6 is 11.6 Å². The van der Waals surface area contributed by atoms with Gasteiger partial charge in [-0.2, -0.15) is 0 Å². The molecule has 0 aromatic heterocycles. The zero-order valence-corrected chi connectivity index (χ0v) is 15.0. The van der Waals surface area contributed by atoms with E-state index in [4.69, 9.17) is 21.1 Å². The van der Waals surface area contributed by atoms with E-state index in [9.17, 15) is 5.11 Å². The molecule has 2 atom stereocenters. The Balaban J connectivity index is 1.94. The van der Waals surface area contributed by atoms with Crippen LogP contribution in [0.5, 0.6) is 11.5 Å². The molecule has 0 heterocycles. The summed E-state index contributed by atoms with van der Waals surface area (Å²) in [7, 11) is 3.19. The molecule has 0 saturated carbocycles. The van der Waals surface area contributed by atoms with Crippen molar-refractivity contribution >= 4 is 11.6 Å². The minimum absolute atomic E-state index is 0.295. The van der Waals surface area contributed by atoms with Gasteiger partial charge in [0.25, 0.3) is 0 Å². The highest BCUT2D eigenvalue weighted by atomic mass is 35.5. The molecule has 0 amide bonds. The van der Waals surface area contributed by atoms with E-state index in [1.807, 2.05) is 24.3 Å². The highest BCUT2D eigenvalue weighted by molar-refractivity contribution is 6.30. The molecule has 0 saturated heterocycles. The summed E-state index contributed by atoms with van der Waals surface area (Å²) < 4.78 is 10.5. The lowest BCUT2D eigenvalue weighted by Crippen LogP contribution is -2.25. The van der Waals surface area contributed by atoms with Gasteiger partial charge in [-0.15, -0.1) is 0 Å². The molecule has 0 spiro atoms. The third-order valence-corrected chi connectivity index (χ3v) is 4.24. The van der Waals surface area contributed by atoms with Crippen molar-refractivity contribution in [1.29, 1.82) is 0 Å². The first-order valence-corrected chi connectivity index (χ1v) is 8.29. The molecule has 2 aromatic rings. The van der Waals surface area contributed by atoms with Crippen molar-refractivity contribution in [2.45, 2.75) is 18.9 Å². The van der Waals surface area contributed by atoms with Gasteiger partial charge in [-0.1, -0.05) is 30.7 Å². The summed E-state index contributed by atoms with van der Waals surface area (Å²) in [6.45, 7) is 3.29. The quantitative estimate of drug-likeness (QED) is 0.761. The summed E-state index contributed by atoms with van der Waals surface area (Å²) in [6, 6.07) is 13.2. The van der Waals surface area contributed by atoms with Crippen LogP contribution in [0.15, 0.2) is 42.5 Å². The van der Waals surface area contributed by atoms with E-state index >= 15 is 0 Å². The molecule has 0 aliphatic carbocycles. The molecule has 2 aromatic carbocycles. The van der Waals surface area contributed by atoms with Crippen molar-refractivity contribution in [3.63, 3.8) is 0 Å². The topological polar surface area (TPSA) is 50.7 Å². The number of aliphatic hydroxyl groups is 1. The van der Waals surface area contributed by atoms with Crippen LogP contribution in [0.3, 0.4) is 0 Å². The summed E-state index contributed by atoms with van der Waals surface area (Å²) in [5.74, 6) is 1.63. The maximum atomic E-state index is 10.5. The van der Waals surface area contributed by atoms with E-state index in [2.05, 4.69) is 18.3 Å². The normalized spacial score (nSPS) is 13.4. The van der Waals surface area contributed by atoms with Crippen LogP contribution in [-0.4, -0.2) is 32.4 Å². The summed E-state index contributed by atoms with van der Waals surface area (Å²) in [5, 5.41) is 14.5. The third kappa shape index (κ3) is 4.87. The number of benzene rings is 2. The van der Waals surface area contributed by atoms with Gasteiger partial charge in [-0.3, -0.25) is 0 Å². The van der Waals surface area contributed by atoms with Crippen LogP contribution in [0.2, 0.25) is 5.02 Å². The van der Waals surface area contributed by atoms with E-state index in [-0.39, 0.29) is 0 Å². The SMILES string of the molecule is COc1ccc(OC)c([C@H](O)CNC[C@@H](C)c2cccc(Cl)c2)c1. The molecule has 0 fully saturated rings. The standard InChI is InChI=1S/C19H24ClNO3/c1-13(14-5-4-6-15(20)9-14)11-21-12-18(22)17-10-16(23-2)7-8-19(17)24-3/h4-10,13,18,21-22H,11-12H2,1-3H3/t13-,18-/m1/s1. The first-order valence-electron chi connectivity index (χ1n) is 7.91. The Kier molecular flexibility index (Phi) is 6.91. The summed E-state index contributed by atoms with van der Waals surface area (Å²) >= 11 is 6.03. The Morgan fingerprint density at radius 2 is 1.88 bits per heavy atom. The lowest BCUT2D eigenvalue weighted by molar-refractivity contribution is 0.169. The minimum Gasteiger partial charge on any atom is -0.497 e. The van der Waals surface area contributed by atoms with Gasteiger partial charge in [0.15, 0.2) is 0 Å². The Bertz CT molecular complexity index is 663. The van der Waals surface area contributed by atoms with Gasteiger partial charge in [-0.05, 0) is 41.8 Å². The fourth-order valence-corrected chi connectivity index (χ4v) is 2.78. The lowest BCUT2D eigenvalue weighted by Gasteiger charge is -2.18. The molecule has 2 rings (SSSR count). The Morgan fingerprint density at radius 3 is 2.54 bits per heavy atom. The number of hydrogen-bond acceptors (Lipinski definition) is 4. The smallest absolute Gasteiger partial charge is 0.124 e. The number of halogens is 1. The van der Waals surface area contributed by atoms with Gasteiger partial charge in [0.1, 0.15) is 11.5 Å². The van der Waals surface area contributed by atoms with Gasteiger partial charge in [0.05, 0.1) is 20.3 Å². The van der Waals surface area contributed by atoms with E-state index < -0.39 is 6.10 Å². The van der Waals surface area contributed by atoms with Gasteiger partial charge >= 0.3 is 0 Å². The molecule has 0 radical (unpaired) electrons. The third-order valence-electron chi connectivity index (χ3n) is 4.00. The number of aliphatic hydroxyl groups excluding tert-OH is 1. The molecular weight excluding hydrogens is 326 g/mol. The molecule has 4 nitrogen and oxygen atoms in total. The molecule has 0 aliphatic heterocycles.